The molecule has 1 aromatic rings. The molecule has 0 amide bonds. The number of nitro benzene ring substituents is 1. The van der Waals surface area contributed by atoms with Gasteiger partial charge in [0.1, 0.15) is 0 Å². The van der Waals surface area contributed by atoms with Gasteiger partial charge in [0.15, 0.2) is 5.75 Å². The van der Waals surface area contributed by atoms with Crippen LogP contribution in [0.4, 0.5) is 5.69 Å². The second-order valence-corrected chi connectivity index (χ2v) is 6.26. The summed E-state index contributed by atoms with van der Waals surface area (Å²) in [5, 5.41) is 20.5. The number of carboxylic acid groups (broad SMARTS) is 1. The number of benzene rings is 1. The molecule has 0 spiro atoms. The van der Waals surface area contributed by atoms with Crippen molar-refractivity contribution in [2.45, 2.75) is 39.0 Å². The van der Waals surface area contributed by atoms with Gasteiger partial charge in [0.2, 0.25) is 0 Å². The van der Waals surface area contributed by atoms with Gasteiger partial charge in [0.05, 0.1) is 17.4 Å². The SMILES string of the molecule is CC(C)CC(C(=O)O)c1ccc([N+](=O)[O-])c(OCC2CC2)c1. The molecular formula is C16H21NO5. The minimum Gasteiger partial charge on any atom is -0.487 e. The summed E-state index contributed by atoms with van der Waals surface area (Å²) in [7, 11) is 0. The molecule has 0 heterocycles. The summed E-state index contributed by atoms with van der Waals surface area (Å²) in [6.45, 7) is 4.35. The molecular weight excluding hydrogens is 286 g/mol. The smallest absolute Gasteiger partial charge is 0.310 e. The average Bonchev–Trinajstić information content (AvgIpc) is 3.25. The third-order valence-electron chi connectivity index (χ3n) is 3.76. The van der Waals surface area contributed by atoms with Gasteiger partial charge in [-0.15, -0.1) is 0 Å². The molecule has 1 fully saturated rings. The minimum atomic E-state index is -0.921. The summed E-state index contributed by atoms with van der Waals surface area (Å²) < 4.78 is 5.56. The Hall–Kier alpha value is -2.11. The van der Waals surface area contributed by atoms with Crippen LogP contribution in [-0.2, 0) is 4.79 Å². The van der Waals surface area contributed by atoms with Crippen molar-refractivity contribution in [2.75, 3.05) is 6.61 Å². The van der Waals surface area contributed by atoms with Gasteiger partial charge in [-0.05, 0) is 42.7 Å². The van der Waals surface area contributed by atoms with Crippen molar-refractivity contribution >= 4 is 11.7 Å². The van der Waals surface area contributed by atoms with Crippen LogP contribution in [0.15, 0.2) is 18.2 Å². The Morgan fingerprint density at radius 3 is 2.64 bits per heavy atom. The highest BCUT2D eigenvalue weighted by molar-refractivity contribution is 5.76. The number of hydrogen-bond acceptors (Lipinski definition) is 4. The second-order valence-electron chi connectivity index (χ2n) is 6.26. The summed E-state index contributed by atoms with van der Waals surface area (Å²) in [5.41, 5.74) is 0.440. The first-order valence-electron chi connectivity index (χ1n) is 7.52. The Balaban J connectivity index is 2.28. The zero-order valence-corrected chi connectivity index (χ0v) is 12.8. The molecule has 1 atom stereocenters. The molecule has 6 nitrogen and oxygen atoms in total. The van der Waals surface area contributed by atoms with Crippen molar-refractivity contribution in [3.05, 3.63) is 33.9 Å². The van der Waals surface area contributed by atoms with Crippen LogP contribution in [0.1, 0.15) is 44.6 Å². The lowest BCUT2D eigenvalue weighted by atomic mass is 9.90. The summed E-state index contributed by atoms with van der Waals surface area (Å²) in [6, 6.07) is 4.37. The van der Waals surface area contributed by atoms with Crippen LogP contribution >= 0.6 is 0 Å². The molecule has 1 unspecified atom stereocenters. The van der Waals surface area contributed by atoms with Crippen LogP contribution in [0.25, 0.3) is 0 Å². The number of carbonyl (C=O) groups is 1. The van der Waals surface area contributed by atoms with Gasteiger partial charge in [-0.2, -0.15) is 0 Å². The van der Waals surface area contributed by atoms with Crippen molar-refractivity contribution in [1.29, 1.82) is 0 Å². The Bertz CT molecular complexity index is 566. The third kappa shape index (κ3) is 4.19. The van der Waals surface area contributed by atoms with Crippen LogP contribution in [0.3, 0.4) is 0 Å². The van der Waals surface area contributed by atoms with Crippen molar-refractivity contribution in [3.63, 3.8) is 0 Å². The molecule has 0 saturated heterocycles. The second kappa shape index (κ2) is 6.77. The maximum atomic E-state index is 11.5. The lowest BCUT2D eigenvalue weighted by Gasteiger charge is -2.16. The standard InChI is InChI=1S/C16H21NO5/c1-10(2)7-13(16(18)19)12-5-6-14(17(20)21)15(8-12)22-9-11-3-4-11/h5-6,8,10-11,13H,3-4,7,9H2,1-2H3,(H,18,19). The monoisotopic (exact) mass is 307 g/mol. The number of ether oxygens (including phenoxy) is 1. The fourth-order valence-electron chi connectivity index (χ4n) is 2.36. The van der Waals surface area contributed by atoms with Crippen LogP contribution < -0.4 is 4.74 Å². The Morgan fingerprint density at radius 1 is 1.45 bits per heavy atom. The van der Waals surface area contributed by atoms with E-state index in [1.807, 2.05) is 13.8 Å². The van der Waals surface area contributed by atoms with Crippen molar-refractivity contribution < 1.29 is 19.6 Å². The first-order chi connectivity index (χ1) is 10.4. The van der Waals surface area contributed by atoms with Crippen LogP contribution in [0.2, 0.25) is 0 Å². The predicted octanol–water partition coefficient (Wildman–Crippen LogP) is 3.60. The normalized spacial score (nSPS) is 15.6. The summed E-state index contributed by atoms with van der Waals surface area (Å²) in [6.07, 6.45) is 2.65. The Morgan fingerprint density at radius 2 is 2.14 bits per heavy atom. The zero-order chi connectivity index (χ0) is 16.3. The molecule has 120 valence electrons. The molecule has 0 radical (unpaired) electrons. The quantitative estimate of drug-likeness (QED) is 0.585. The first kappa shape index (κ1) is 16.3. The number of rotatable bonds is 8. The van der Waals surface area contributed by atoms with Crippen molar-refractivity contribution in [1.82, 2.24) is 0 Å². The maximum Gasteiger partial charge on any atom is 0.310 e. The number of nitro groups is 1. The van der Waals surface area contributed by atoms with Gasteiger partial charge in [-0.3, -0.25) is 14.9 Å². The number of aliphatic carboxylic acids is 1. The van der Waals surface area contributed by atoms with Gasteiger partial charge >= 0.3 is 11.7 Å². The molecule has 0 aromatic heterocycles. The average molecular weight is 307 g/mol. The lowest BCUT2D eigenvalue weighted by Crippen LogP contribution is -2.14. The summed E-state index contributed by atoms with van der Waals surface area (Å²) in [5.74, 6) is -0.745. The van der Waals surface area contributed by atoms with Crippen LogP contribution in [0.5, 0.6) is 5.75 Å². The first-order valence-corrected chi connectivity index (χ1v) is 7.52. The highest BCUT2D eigenvalue weighted by Gasteiger charge is 2.27. The molecule has 2 rings (SSSR count). The summed E-state index contributed by atoms with van der Waals surface area (Å²) >= 11 is 0. The van der Waals surface area contributed by atoms with Gasteiger partial charge < -0.3 is 9.84 Å². The van der Waals surface area contributed by atoms with Gasteiger partial charge in [-0.1, -0.05) is 19.9 Å². The van der Waals surface area contributed by atoms with E-state index < -0.39 is 16.8 Å². The van der Waals surface area contributed by atoms with Crippen LogP contribution in [-0.4, -0.2) is 22.6 Å². The van der Waals surface area contributed by atoms with E-state index in [0.717, 1.165) is 12.8 Å². The molecule has 1 saturated carbocycles. The van der Waals surface area contributed by atoms with Crippen molar-refractivity contribution in [3.8, 4) is 5.75 Å². The largest absolute Gasteiger partial charge is 0.487 e. The van der Waals surface area contributed by atoms with E-state index in [2.05, 4.69) is 0 Å². The van der Waals surface area contributed by atoms with E-state index >= 15 is 0 Å². The Labute approximate surface area is 129 Å². The molecule has 22 heavy (non-hydrogen) atoms. The number of hydrogen-bond donors (Lipinski definition) is 1. The van der Waals surface area contributed by atoms with E-state index in [1.165, 1.54) is 18.2 Å². The molecule has 1 N–H and O–H groups in total. The van der Waals surface area contributed by atoms with E-state index in [-0.39, 0.29) is 17.4 Å². The molecule has 6 heteroatoms. The molecule has 1 aliphatic rings. The van der Waals surface area contributed by atoms with Crippen LogP contribution in [0, 0.1) is 22.0 Å². The predicted molar refractivity (Wildman–Crippen MR) is 81.1 cm³/mol. The molecule has 1 aliphatic carbocycles. The topological polar surface area (TPSA) is 89.7 Å². The van der Waals surface area contributed by atoms with E-state index in [1.54, 1.807) is 0 Å². The molecule has 0 aliphatic heterocycles. The van der Waals surface area contributed by atoms with E-state index in [0.29, 0.717) is 24.5 Å². The van der Waals surface area contributed by atoms with E-state index in [4.69, 9.17) is 4.74 Å². The molecule has 1 aromatic carbocycles. The fourth-order valence-corrected chi connectivity index (χ4v) is 2.36. The Kier molecular flexibility index (Phi) is 5.00. The van der Waals surface area contributed by atoms with Gasteiger partial charge in [0.25, 0.3) is 0 Å². The van der Waals surface area contributed by atoms with Gasteiger partial charge in [0, 0.05) is 6.07 Å². The fraction of sp³-hybridized carbons (Fsp3) is 0.562. The van der Waals surface area contributed by atoms with Crippen molar-refractivity contribution in [2.24, 2.45) is 11.8 Å². The number of carboxylic acids is 1. The zero-order valence-electron chi connectivity index (χ0n) is 12.8. The highest BCUT2D eigenvalue weighted by atomic mass is 16.6. The summed E-state index contributed by atoms with van der Waals surface area (Å²) in [4.78, 5) is 22.1. The highest BCUT2D eigenvalue weighted by Crippen LogP contribution is 2.35. The van der Waals surface area contributed by atoms with E-state index in [9.17, 15) is 20.0 Å². The maximum absolute atomic E-state index is 11.5. The third-order valence-corrected chi connectivity index (χ3v) is 3.76. The lowest BCUT2D eigenvalue weighted by molar-refractivity contribution is -0.385. The molecule has 0 bridgehead atoms. The van der Waals surface area contributed by atoms with Gasteiger partial charge in [-0.25, -0.2) is 0 Å². The minimum absolute atomic E-state index is 0.113. The number of nitrogens with zero attached hydrogens (tertiary/aromatic N) is 1.